The van der Waals surface area contributed by atoms with Gasteiger partial charge in [-0.05, 0) is 25.0 Å². The maximum Gasteiger partial charge on any atom is 0.0734 e. The number of hydrogen-bond acceptors (Lipinski definition) is 3. The van der Waals surface area contributed by atoms with Crippen molar-refractivity contribution in [2.24, 2.45) is 11.3 Å². The highest BCUT2D eigenvalue weighted by Crippen LogP contribution is 2.55. The van der Waals surface area contributed by atoms with Crippen molar-refractivity contribution in [2.75, 3.05) is 32.8 Å². The van der Waals surface area contributed by atoms with Gasteiger partial charge < -0.3 is 15.0 Å². The van der Waals surface area contributed by atoms with E-state index in [4.69, 9.17) is 4.74 Å². The third-order valence-electron chi connectivity index (χ3n) is 5.39. The van der Waals surface area contributed by atoms with E-state index >= 15 is 0 Å². The Balaban J connectivity index is 1.85. The van der Waals surface area contributed by atoms with Crippen molar-refractivity contribution >= 4 is 0 Å². The Morgan fingerprint density at radius 2 is 2.44 bits per heavy atom. The topological polar surface area (TPSA) is 24.5 Å². The summed E-state index contributed by atoms with van der Waals surface area (Å²) in [6.45, 7) is 7.61. The number of allylic oxidation sites excluding steroid dienone is 2. The van der Waals surface area contributed by atoms with Crippen LogP contribution in [-0.4, -0.2) is 43.8 Å². The number of fused-ring (bicyclic) bond motifs is 3. The molecule has 2 saturated heterocycles. The highest BCUT2D eigenvalue weighted by molar-refractivity contribution is 5.40. The standard InChI is InChI=1S/C15H22N2O/c1-15-5-2-3-11-10-18-8-7-17(14(11)15)13-4-6-16-9-12(13)15/h2-3,12-13,16H,4-10H2,1H3/t12-,13?,15?/m1/s1. The van der Waals surface area contributed by atoms with E-state index < -0.39 is 0 Å². The molecule has 18 heavy (non-hydrogen) atoms. The molecule has 98 valence electrons. The Hall–Kier alpha value is -0.800. The molecule has 0 bridgehead atoms. The molecule has 3 aliphatic heterocycles. The van der Waals surface area contributed by atoms with Gasteiger partial charge in [0, 0.05) is 36.2 Å². The minimum Gasteiger partial charge on any atom is -0.375 e. The first-order valence-corrected chi connectivity index (χ1v) is 7.26. The zero-order valence-corrected chi connectivity index (χ0v) is 11.1. The van der Waals surface area contributed by atoms with Gasteiger partial charge in [0.1, 0.15) is 0 Å². The van der Waals surface area contributed by atoms with Crippen LogP contribution >= 0.6 is 0 Å². The van der Waals surface area contributed by atoms with Gasteiger partial charge in [0.25, 0.3) is 0 Å². The molecule has 3 nitrogen and oxygen atoms in total. The minimum atomic E-state index is 0.343. The van der Waals surface area contributed by atoms with E-state index in [-0.39, 0.29) is 0 Å². The summed E-state index contributed by atoms with van der Waals surface area (Å²) in [6, 6.07) is 0.739. The fraction of sp³-hybridized carbons (Fsp3) is 0.733. The number of rotatable bonds is 0. The summed E-state index contributed by atoms with van der Waals surface area (Å²) in [7, 11) is 0. The molecule has 0 aromatic rings. The van der Waals surface area contributed by atoms with E-state index in [1.54, 1.807) is 5.70 Å². The van der Waals surface area contributed by atoms with Gasteiger partial charge in [0.05, 0.1) is 13.2 Å². The molecule has 2 unspecified atom stereocenters. The zero-order valence-electron chi connectivity index (χ0n) is 11.1. The second kappa shape index (κ2) is 3.84. The molecular formula is C15H22N2O. The maximum absolute atomic E-state index is 5.77. The fourth-order valence-electron chi connectivity index (χ4n) is 4.60. The van der Waals surface area contributed by atoms with Crippen molar-refractivity contribution in [3.05, 3.63) is 23.4 Å². The number of piperidine rings is 1. The van der Waals surface area contributed by atoms with Crippen LogP contribution < -0.4 is 5.32 Å². The van der Waals surface area contributed by atoms with Crippen molar-refractivity contribution in [1.29, 1.82) is 0 Å². The zero-order chi connectivity index (χ0) is 12.2. The summed E-state index contributed by atoms with van der Waals surface area (Å²) in [4.78, 5) is 2.69. The van der Waals surface area contributed by atoms with Gasteiger partial charge in [-0.3, -0.25) is 0 Å². The van der Waals surface area contributed by atoms with E-state index in [1.165, 1.54) is 31.5 Å². The molecule has 3 heterocycles. The van der Waals surface area contributed by atoms with Crippen LogP contribution in [0.4, 0.5) is 0 Å². The lowest BCUT2D eigenvalue weighted by Crippen LogP contribution is -2.46. The predicted molar refractivity (Wildman–Crippen MR) is 71.2 cm³/mol. The van der Waals surface area contributed by atoms with Gasteiger partial charge in [0.2, 0.25) is 0 Å². The van der Waals surface area contributed by atoms with Gasteiger partial charge in [-0.15, -0.1) is 0 Å². The number of ether oxygens (including phenoxy) is 1. The monoisotopic (exact) mass is 246 g/mol. The normalized spacial score (nSPS) is 42.6. The molecule has 1 aliphatic carbocycles. The maximum atomic E-state index is 5.77. The first kappa shape index (κ1) is 11.1. The lowest BCUT2D eigenvalue weighted by Gasteiger charge is -2.37. The summed E-state index contributed by atoms with van der Waals surface area (Å²) in [5.74, 6) is 0.777. The molecule has 3 heteroatoms. The third kappa shape index (κ3) is 1.32. The minimum absolute atomic E-state index is 0.343. The first-order chi connectivity index (χ1) is 8.81. The Labute approximate surface area is 109 Å². The highest BCUT2D eigenvalue weighted by atomic mass is 16.5. The molecule has 0 aromatic carbocycles. The molecule has 0 aromatic heterocycles. The lowest BCUT2D eigenvalue weighted by molar-refractivity contribution is 0.120. The van der Waals surface area contributed by atoms with Crippen LogP contribution in [0.3, 0.4) is 0 Å². The summed E-state index contributed by atoms with van der Waals surface area (Å²) in [5.41, 5.74) is 3.40. The van der Waals surface area contributed by atoms with Crippen LogP contribution in [0.25, 0.3) is 0 Å². The molecule has 0 saturated carbocycles. The molecule has 4 aliphatic rings. The van der Waals surface area contributed by atoms with Crippen molar-refractivity contribution in [1.82, 2.24) is 10.2 Å². The van der Waals surface area contributed by atoms with Crippen molar-refractivity contribution in [2.45, 2.75) is 25.8 Å². The molecule has 2 fully saturated rings. The van der Waals surface area contributed by atoms with Crippen LogP contribution in [-0.2, 0) is 4.74 Å². The van der Waals surface area contributed by atoms with Gasteiger partial charge in [0.15, 0.2) is 0 Å². The van der Waals surface area contributed by atoms with Crippen LogP contribution in [0, 0.1) is 11.3 Å². The lowest BCUT2D eigenvalue weighted by atomic mass is 9.69. The largest absolute Gasteiger partial charge is 0.375 e. The average molecular weight is 246 g/mol. The van der Waals surface area contributed by atoms with E-state index in [0.29, 0.717) is 5.41 Å². The van der Waals surface area contributed by atoms with Crippen LogP contribution in [0.5, 0.6) is 0 Å². The van der Waals surface area contributed by atoms with Crippen LogP contribution in [0.15, 0.2) is 23.4 Å². The molecule has 3 atom stereocenters. The fourth-order valence-corrected chi connectivity index (χ4v) is 4.60. The third-order valence-corrected chi connectivity index (χ3v) is 5.39. The van der Waals surface area contributed by atoms with Crippen molar-refractivity contribution in [3.8, 4) is 0 Å². The molecule has 0 radical (unpaired) electrons. The number of hydrogen-bond donors (Lipinski definition) is 1. The van der Waals surface area contributed by atoms with E-state index in [9.17, 15) is 0 Å². The Morgan fingerprint density at radius 3 is 3.39 bits per heavy atom. The summed E-state index contributed by atoms with van der Waals surface area (Å²) in [6.07, 6.45) is 7.16. The first-order valence-electron chi connectivity index (χ1n) is 7.26. The van der Waals surface area contributed by atoms with E-state index in [2.05, 4.69) is 29.3 Å². The highest BCUT2D eigenvalue weighted by Gasteiger charge is 2.54. The SMILES string of the molecule is CC12CC=CC3=C1N(CCOC3)C1CCNC[C@H]12. The Kier molecular flexibility index (Phi) is 2.36. The quantitative estimate of drug-likeness (QED) is 0.701. The van der Waals surface area contributed by atoms with Crippen molar-refractivity contribution < 1.29 is 4.74 Å². The summed E-state index contributed by atoms with van der Waals surface area (Å²) in [5, 5.41) is 3.61. The molecule has 0 spiro atoms. The molecule has 1 N–H and O–H groups in total. The second-order valence-corrected chi connectivity index (χ2v) is 6.31. The summed E-state index contributed by atoms with van der Waals surface area (Å²) >= 11 is 0. The molecule has 0 amide bonds. The second-order valence-electron chi connectivity index (χ2n) is 6.31. The number of nitrogens with one attached hydrogen (secondary N) is 1. The van der Waals surface area contributed by atoms with Gasteiger partial charge in [-0.25, -0.2) is 0 Å². The summed E-state index contributed by atoms with van der Waals surface area (Å²) < 4.78 is 5.77. The van der Waals surface area contributed by atoms with Crippen molar-refractivity contribution in [3.63, 3.8) is 0 Å². The Bertz CT molecular complexity index is 428. The predicted octanol–water partition coefficient (Wildman–Crippen LogP) is 1.53. The number of nitrogens with zero attached hydrogens (tertiary/aromatic N) is 1. The van der Waals surface area contributed by atoms with Crippen LogP contribution in [0.1, 0.15) is 19.8 Å². The van der Waals surface area contributed by atoms with Gasteiger partial charge in [-0.2, -0.15) is 0 Å². The van der Waals surface area contributed by atoms with Gasteiger partial charge in [-0.1, -0.05) is 19.1 Å². The smallest absolute Gasteiger partial charge is 0.0734 e. The van der Waals surface area contributed by atoms with Crippen LogP contribution in [0.2, 0.25) is 0 Å². The molecule has 4 rings (SSSR count). The van der Waals surface area contributed by atoms with Gasteiger partial charge >= 0.3 is 0 Å². The molecular weight excluding hydrogens is 224 g/mol. The van der Waals surface area contributed by atoms with E-state index in [0.717, 1.165) is 31.7 Å². The average Bonchev–Trinajstić information content (AvgIpc) is 2.54. The Morgan fingerprint density at radius 1 is 1.50 bits per heavy atom. The van der Waals surface area contributed by atoms with E-state index in [1.807, 2.05) is 0 Å².